The third-order valence-electron chi connectivity index (χ3n) is 3.24. The molecule has 1 saturated heterocycles. The van der Waals surface area contributed by atoms with Crippen molar-refractivity contribution in [2.24, 2.45) is 0 Å². The van der Waals surface area contributed by atoms with Gasteiger partial charge in [-0.1, -0.05) is 6.07 Å². The number of fused-ring (bicyclic) bond motifs is 2. The molecule has 2 atom stereocenters. The Kier molecular flexibility index (Phi) is 1.66. The summed E-state index contributed by atoms with van der Waals surface area (Å²) in [6.45, 7) is 3.80. The Morgan fingerprint density at radius 2 is 2.57 bits per heavy atom. The number of hydrogen-bond donors (Lipinski definition) is 1. The quantitative estimate of drug-likeness (QED) is 0.667. The highest BCUT2D eigenvalue weighted by Crippen LogP contribution is 2.41. The van der Waals surface area contributed by atoms with Crippen molar-refractivity contribution in [1.29, 1.82) is 0 Å². The fourth-order valence-electron chi connectivity index (χ4n) is 2.55. The average Bonchev–Trinajstić information content (AvgIpc) is 2.75. The molecule has 0 bridgehead atoms. The van der Waals surface area contributed by atoms with E-state index in [2.05, 4.69) is 23.3 Å². The molecular formula is C11H14N2O. The molecule has 2 aliphatic heterocycles. The zero-order chi connectivity index (χ0) is 9.60. The molecule has 0 amide bonds. The van der Waals surface area contributed by atoms with Crippen molar-refractivity contribution in [1.82, 2.24) is 10.3 Å². The topological polar surface area (TPSA) is 34.1 Å². The molecule has 1 aromatic rings. The van der Waals surface area contributed by atoms with E-state index in [1.54, 1.807) is 0 Å². The second-order valence-electron chi connectivity index (χ2n) is 4.27. The van der Waals surface area contributed by atoms with Gasteiger partial charge in [-0.05, 0) is 19.4 Å². The van der Waals surface area contributed by atoms with E-state index in [4.69, 9.17) is 4.74 Å². The minimum absolute atomic E-state index is 0.0803. The van der Waals surface area contributed by atoms with Crippen molar-refractivity contribution in [3.63, 3.8) is 0 Å². The van der Waals surface area contributed by atoms with Crippen molar-refractivity contribution in [2.45, 2.75) is 31.6 Å². The van der Waals surface area contributed by atoms with E-state index in [0.717, 1.165) is 18.7 Å². The Morgan fingerprint density at radius 1 is 1.64 bits per heavy atom. The van der Waals surface area contributed by atoms with Crippen LogP contribution in [0, 0.1) is 0 Å². The Hall–Kier alpha value is -0.930. The Labute approximate surface area is 83.5 Å². The summed E-state index contributed by atoms with van der Waals surface area (Å²) in [6, 6.07) is 4.69. The van der Waals surface area contributed by atoms with E-state index in [0.29, 0.717) is 12.6 Å². The number of pyridine rings is 1. The van der Waals surface area contributed by atoms with E-state index in [-0.39, 0.29) is 5.60 Å². The number of nitrogens with zero attached hydrogens (tertiary/aromatic N) is 1. The smallest absolute Gasteiger partial charge is 0.109 e. The first-order valence-electron chi connectivity index (χ1n) is 5.12. The lowest BCUT2D eigenvalue weighted by molar-refractivity contribution is -0.0238. The van der Waals surface area contributed by atoms with Crippen LogP contribution in [-0.4, -0.2) is 17.6 Å². The van der Waals surface area contributed by atoms with Crippen LogP contribution in [0.3, 0.4) is 0 Å². The summed E-state index contributed by atoms with van der Waals surface area (Å²) in [4.78, 5) is 4.35. The van der Waals surface area contributed by atoms with Crippen LogP contribution in [0.1, 0.15) is 24.6 Å². The number of nitrogens with one attached hydrogen (secondary N) is 1. The zero-order valence-corrected chi connectivity index (χ0v) is 8.29. The normalized spacial score (nSPS) is 35.1. The van der Waals surface area contributed by atoms with Crippen LogP contribution in [0.25, 0.3) is 0 Å². The summed E-state index contributed by atoms with van der Waals surface area (Å²) in [7, 11) is 0. The van der Waals surface area contributed by atoms with Gasteiger partial charge in [0.25, 0.3) is 0 Å². The fraction of sp³-hybridized carbons (Fsp3) is 0.545. The molecule has 74 valence electrons. The van der Waals surface area contributed by atoms with E-state index >= 15 is 0 Å². The SMILES string of the molecule is C[C@H]1CC2(CN1)OCc1ncccc12. The molecule has 3 heteroatoms. The summed E-state index contributed by atoms with van der Waals surface area (Å²) in [5.41, 5.74) is 2.32. The maximum absolute atomic E-state index is 5.92. The Balaban J connectivity index is 2.05. The molecule has 3 nitrogen and oxygen atoms in total. The minimum atomic E-state index is -0.0803. The van der Waals surface area contributed by atoms with Crippen molar-refractivity contribution in [2.75, 3.05) is 6.54 Å². The monoisotopic (exact) mass is 190 g/mol. The van der Waals surface area contributed by atoms with Gasteiger partial charge in [-0.25, -0.2) is 0 Å². The predicted molar refractivity (Wildman–Crippen MR) is 52.8 cm³/mol. The largest absolute Gasteiger partial charge is 0.363 e. The molecule has 0 radical (unpaired) electrons. The van der Waals surface area contributed by atoms with Gasteiger partial charge in [0.1, 0.15) is 5.60 Å². The van der Waals surface area contributed by atoms with Crippen LogP contribution in [-0.2, 0) is 16.9 Å². The highest BCUT2D eigenvalue weighted by atomic mass is 16.5. The molecule has 1 aromatic heterocycles. The van der Waals surface area contributed by atoms with E-state index in [1.165, 1.54) is 5.56 Å². The molecule has 0 aliphatic carbocycles. The second kappa shape index (κ2) is 2.78. The van der Waals surface area contributed by atoms with Crippen LogP contribution in [0.2, 0.25) is 0 Å². The molecule has 3 heterocycles. The fourth-order valence-corrected chi connectivity index (χ4v) is 2.55. The maximum atomic E-state index is 5.92. The second-order valence-corrected chi connectivity index (χ2v) is 4.27. The van der Waals surface area contributed by atoms with Gasteiger partial charge in [-0.2, -0.15) is 0 Å². The van der Waals surface area contributed by atoms with Gasteiger partial charge in [0.2, 0.25) is 0 Å². The summed E-state index contributed by atoms with van der Waals surface area (Å²) >= 11 is 0. The number of aromatic nitrogens is 1. The molecule has 2 aliphatic rings. The molecule has 0 saturated carbocycles. The number of ether oxygens (including phenoxy) is 1. The zero-order valence-electron chi connectivity index (χ0n) is 8.29. The molecule has 1 N–H and O–H groups in total. The summed E-state index contributed by atoms with van der Waals surface area (Å²) < 4.78 is 5.92. The molecule has 3 rings (SSSR count). The molecule has 14 heavy (non-hydrogen) atoms. The van der Waals surface area contributed by atoms with Gasteiger partial charge in [-0.3, -0.25) is 4.98 Å². The first-order chi connectivity index (χ1) is 6.80. The standard InChI is InChI=1S/C11H14N2O/c1-8-5-11(7-13-8)9-3-2-4-12-10(9)6-14-11/h2-4,8,13H,5-7H2,1H3/t8-,11?/m0/s1. The molecule has 0 aromatic carbocycles. The van der Waals surface area contributed by atoms with Crippen molar-refractivity contribution >= 4 is 0 Å². The van der Waals surface area contributed by atoms with Gasteiger partial charge in [0.15, 0.2) is 0 Å². The van der Waals surface area contributed by atoms with E-state index in [9.17, 15) is 0 Å². The molecule has 1 spiro atoms. The van der Waals surface area contributed by atoms with Crippen LogP contribution >= 0.6 is 0 Å². The van der Waals surface area contributed by atoms with Gasteiger partial charge in [0.05, 0.1) is 12.3 Å². The Bertz CT molecular complexity index is 362. The van der Waals surface area contributed by atoms with Crippen LogP contribution < -0.4 is 5.32 Å². The summed E-state index contributed by atoms with van der Waals surface area (Å²) in [5, 5.41) is 3.44. The maximum Gasteiger partial charge on any atom is 0.109 e. The van der Waals surface area contributed by atoms with Gasteiger partial charge in [-0.15, -0.1) is 0 Å². The van der Waals surface area contributed by atoms with Gasteiger partial charge >= 0.3 is 0 Å². The van der Waals surface area contributed by atoms with E-state index in [1.807, 2.05) is 12.3 Å². The Morgan fingerprint density at radius 3 is 3.36 bits per heavy atom. The molecular weight excluding hydrogens is 176 g/mol. The lowest BCUT2D eigenvalue weighted by atomic mass is 9.92. The lowest BCUT2D eigenvalue weighted by Crippen LogP contribution is -2.27. The van der Waals surface area contributed by atoms with Crippen LogP contribution in [0.15, 0.2) is 18.3 Å². The van der Waals surface area contributed by atoms with Crippen molar-refractivity contribution in [3.8, 4) is 0 Å². The first-order valence-corrected chi connectivity index (χ1v) is 5.12. The molecule has 1 fully saturated rings. The predicted octanol–water partition coefficient (Wildman–Crippen LogP) is 1.19. The average molecular weight is 190 g/mol. The van der Waals surface area contributed by atoms with Crippen LogP contribution in [0.4, 0.5) is 0 Å². The third kappa shape index (κ3) is 1.03. The van der Waals surface area contributed by atoms with Gasteiger partial charge < -0.3 is 10.1 Å². The lowest BCUT2D eigenvalue weighted by Gasteiger charge is -2.22. The highest BCUT2D eigenvalue weighted by molar-refractivity contribution is 5.32. The van der Waals surface area contributed by atoms with Crippen molar-refractivity contribution < 1.29 is 4.74 Å². The minimum Gasteiger partial charge on any atom is -0.363 e. The highest BCUT2D eigenvalue weighted by Gasteiger charge is 2.45. The summed E-state index contributed by atoms with van der Waals surface area (Å²) in [6.07, 6.45) is 2.90. The van der Waals surface area contributed by atoms with Crippen molar-refractivity contribution in [3.05, 3.63) is 29.6 Å². The third-order valence-corrected chi connectivity index (χ3v) is 3.24. The number of rotatable bonds is 0. The van der Waals surface area contributed by atoms with Gasteiger partial charge in [0, 0.05) is 24.3 Å². The van der Waals surface area contributed by atoms with E-state index < -0.39 is 0 Å². The summed E-state index contributed by atoms with van der Waals surface area (Å²) in [5.74, 6) is 0. The number of hydrogen-bond acceptors (Lipinski definition) is 3. The molecule has 1 unspecified atom stereocenters. The van der Waals surface area contributed by atoms with Crippen LogP contribution in [0.5, 0.6) is 0 Å². The first kappa shape index (κ1) is 8.38.